The van der Waals surface area contributed by atoms with Crippen LogP contribution >= 0.6 is 0 Å². The largest absolute Gasteiger partial charge is 0.479 e. The van der Waals surface area contributed by atoms with Crippen molar-refractivity contribution in [3.05, 3.63) is 52.1 Å². The van der Waals surface area contributed by atoms with Gasteiger partial charge in [0.1, 0.15) is 5.75 Å². The van der Waals surface area contributed by atoms with Gasteiger partial charge < -0.3 is 20.3 Å². The van der Waals surface area contributed by atoms with E-state index < -0.39 is 16.9 Å². The Morgan fingerprint density at radius 1 is 1.24 bits per heavy atom. The standard InChI is InChI=1S/C20H20N4O5/c1-12-19(25)22-16-10-13(4-7-18(16)29-12)21-20(26)15-11-14(24(27)28)5-6-17(15)23-8-2-3-9-23/h4-7,10-12H,2-3,8-9H2,1H3,(H,21,26)(H,22,25)/t12-/m1/s1. The molecule has 1 saturated heterocycles. The minimum atomic E-state index is -0.587. The first-order valence-corrected chi connectivity index (χ1v) is 9.38. The van der Waals surface area contributed by atoms with Crippen LogP contribution in [0.2, 0.25) is 0 Å². The molecule has 0 radical (unpaired) electrons. The normalized spacial score (nSPS) is 17.9. The molecule has 0 bridgehead atoms. The van der Waals surface area contributed by atoms with Crippen molar-refractivity contribution in [2.24, 2.45) is 0 Å². The zero-order valence-corrected chi connectivity index (χ0v) is 15.8. The van der Waals surface area contributed by atoms with Crippen molar-refractivity contribution in [3.8, 4) is 5.75 Å². The number of anilines is 3. The number of fused-ring (bicyclic) bond motifs is 1. The molecule has 150 valence electrons. The highest BCUT2D eigenvalue weighted by molar-refractivity contribution is 6.09. The number of nitrogens with one attached hydrogen (secondary N) is 2. The van der Waals surface area contributed by atoms with Crippen LogP contribution < -0.4 is 20.3 Å². The monoisotopic (exact) mass is 396 g/mol. The third kappa shape index (κ3) is 3.71. The number of nitro benzene ring substituents is 1. The highest BCUT2D eigenvalue weighted by Gasteiger charge is 2.25. The summed E-state index contributed by atoms with van der Waals surface area (Å²) in [6.07, 6.45) is 1.44. The number of carbonyl (C=O) groups excluding carboxylic acids is 2. The van der Waals surface area contributed by atoms with E-state index in [0.717, 1.165) is 25.9 Å². The number of ether oxygens (including phenoxy) is 1. The summed E-state index contributed by atoms with van der Waals surface area (Å²) in [5, 5.41) is 16.7. The third-order valence-corrected chi connectivity index (χ3v) is 5.05. The van der Waals surface area contributed by atoms with E-state index in [4.69, 9.17) is 4.74 Å². The van der Waals surface area contributed by atoms with Gasteiger partial charge in [0, 0.05) is 30.9 Å². The van der Waals surface area contributed by atoms with Gasteiger partial charge >= 0.3 is 0 Å². The summed E-state index contributed by atoms with van der Waals surface area (Å²) in [4.78, 5) is 37.5. The quantitative estimate of drug-likeness (QED) is 0.606. The van der Waals surface area contributed by atoms with E-state index in [9.17, 15) is 19.7 Å². The van der Waals surface area contributed by atoms with Gasteiger partial charge in [0.25, 0.3) is 17.5 Å². The Labute approximate surface area is 166 Å². The van der Waals surface area contributed by atoms with E-state index >= 15 is 0 Å². The Kier molecular flexibility index (Phi) is 4.79. The van der Waals surface area contributed by atoms with Crippen molar-refractivity contribution in [3.63, 3.8) is 0 Å². The number of rotatable bonds is 4. The first-order chi connectivity index (χ1) is 13.9. The second kappa shape index (κ2) is 7.42. The highest BCUT2D eigenvalue weighted by atomic mass is 16.6. The third-order valence-electron chi connectivity index (χ3n) is 5.05. The zero-order valence-electron chi connectivity index (χ0n) is 15.8. The molecule has 0 aliphatic carbocycles. The van der Waals surface area contributed by atoms with E-state index in [2.05, 4.69) is 15.5 Å². The van der Waals surface area contributed by atoms with E-state index in [1.165, 1.54) is 12.1 Å². The molecule has 9 nitrogen and oxygen atoms in total. The molecule has 2 aliphatic heterocycles. The van der Waals surface area contributed by atoms with Crippen LogP contribution in [-0.4, -0.2) is 35.9 Å². The van der Waals surface area contributed by atoms with Crippen molar-refractivity contribution in [2.45, 2.75) is 25.9 Å². The Hall–Kier alpha value is -3.62. The average molecular weight is 396 g/mol. The summed E-state index contributed by atoms with van der Waals surface area (Å²) < 4.78 is 5.51. The van der Waals surface area contributed by atoms with E-state index in [1.54, 1.807) is 31.2 Å². The van der Waals surface area contributed by atoms with Crippen molar-refractivity contribution in [1.29, 1.82) is 0 Å². The van der Waals surface area contributed by atoms with Crippen LogP contribution in [0.4, 0.5) is 22.7 Å². The Morgan fingerprint density at radius 2 is 2.00 bits per heavy atom. The Morgan fingerprint density at radius 3 is 2.72 bits per heavy atom. The SMILES string of the molecule is C[C@H]1Oc2ccc(NC(=O)c3cc([N+](=O)[O-])ccc3N3CCCC3)cc2NC1=O. The minimum Gasteiger partial charge on any atom is -0.479 e. The van der Waals surface area contributed by atoms with Gasteiger partial charge in [-0.05, 0) is 44.0 Å². The zero-order chi connectivity index (χ0) is 20.5. The van der Waals surface area contributed by atoms with Crippen LogP contribution in [-0.2, 0) is 4.79 Å². The fourth-order valence-corrected chi connectivity index (χ4v) is 3.54. The number of amides is 2. The molecule has 4 rings (SSSR count). The summed E-state index contributed by atoms with van der Waals surface area (Å²) >= 11 is 0. The maximum absolute atomic E-state index is 13.0. The molecule has 2 amide bonds. The molecule has 2 aromatic carbocycles. The second-order valence-corrected chi connectivity index (χ2v) is 7.07. The first kappa shape index (κ1) is 18.7. The molecule has 2 heterocycles. The molecule has 2 aliphatic rings. The maximum Gasteiger partial charge on any atom is 0.270 e. The molecule has 2 aromatic rings. The molecular formula is C20H20N4O5. The van der Waals surface area contributed by atoms with Gasteiger partial charge in [-0.25, -0.2) is 0 Å². The van der Waals surface area contributed by atoms with Crippen molar-refractivity contribution in [2.75, 3.05) is 28.6 Å². The van der Waals surface area contributed by atoms with Crippen LogP contribution in [0.15, 0.2) is 36.4 Å². The summed E-state index contributed by atoms with van der Waals surface area (Å²) in [6, 6.07) is 9.26. The number of nitro groups is 1. The number of hydrogen-bond donors (Lipinski definition) is 2. The summed E-state index contributed by atoms with van der Waals surface area (Å²) in [5.74, 6) is -0.203. The van der Waals surface area contributed by atoms with Crippen molar-refractivity contribution < 1.29 is 19.2 Å². The number of carbonyl (C=O) groups is 2. The van der Waals surface area contributed by atoms with E-state index in [0.29, 0.717) is 22.8 Å². The van der Waals surface area contributed by atoms with Gasteiger partial charge in [-0.3, -0.25) is 19.7 Å². The summed E-state index contributed by atoms with van der Waals surface area (Å²) in [5.41, 5.74) is 1.69. The van der Waals surface area contributed by atoms with Gasteiger partial charge in [0.2, 0.25) is 0 Å². The summed E-state index contributed by atoms with van der Waals surface area (Å²) in [7, 11) is 0. The van der Waals surface area contributed by atoms with Gasteiger partial charge in [-0.1, -0.05) is 0 Å². The van der Waals surface area contributed by atoms with Gasteiger partial charge in [-0.15, -0.1) is 0 Å². The number of nitrogens with zero attached hydrogens (tertiary/aromatic N) is 2. The van der Waals surface area contributed by atoms with Crippen LogP contribution in [0.1, 0.15) is 30.1 Å². The fourth-order valence-electron chi connectivity index (χ4n) is 3.54. The minimum absolute atomic E-state index is 0.141. The van der Waals surface area contributed by atoms with E-state index in [1.807, 2.05) is 0 Å². The number of hydrogen-bond acceptors (Lipinski definition) is 6. The smallest absolute Gasteiger partial charge is 0.270 e. The van der Waals surface area contributed by atoms with Crippen molar-refractivity contribution in [1.82, 2.24) is 0 Å². The lowest BCUT2D eigenvalue weighted by molar-refractivity contribution is -0.384. The lowest BCUT2D eigenvalue weighted by Gasteiger charge is -2.24. The maximum atomic E-state index is 13.0. The van der Waals surface area contributed by atoms with E-state index in [-0.39, 0.29) is 17.2 Å². The lowest BCUT2D eigenvalue weighted by atomic mass is 10.1. The molecule has 9 heteroatoms. The van der Waals surface area contributed by atoms with Crippen molar-refractivity contribution >= 4 is 34.6 Å². The van der Waals surface area contributed by atoms with Crippen LogP contribution in [0.3, 0.4) is 0 Å². The van der Waals surface area contributed by atoms with Crippen LogP contribution in [0.5, 0.6) is 5.75 Å². The fraction of sp³-hybridized carbons (Fsp3) is 0.300. The van der Waals surface area contributed by atoms with Gasteiger partial charge in [0.15, 0.2) is 6.10 Å². The molecule has 29 heavy (non-hydrogen) atoms. The molecule has 0 saturated carbocycles. The van der Waals surface area contributed by atoms with Gasteiger partial charge in [0.05, 0.1) is 21.9 Å². The molecular weight excluding hydrogens is 376 g/mol. The molecule has 0 aromatic heterocycles. The molecule has 0 spiro atoms. The first-order valence-electron chi connectivity index (χ1n) is 9.38. The topological polar surface area (TPSA) is 114 Å². The lowest BCUT2D eigenvalue weighted by Crippen LogP contribution is -2.34. The second-order valence-electron chi connectivity index (χ2n) is 7.07. The molecule has 1 atom stereocenters. The number of benzene rings is 2. The van der Waals surface area contributed by atoms with Crippen LogP contribution in [0, 0.1) is 10.1 Å². The predicted molar refractivity (Wildman–Crippen MR) is 108 cm³/mol. The van der Waals surface area contributed by atoms with Gasteiger partial charge in [-0.2, -0.15) is 0 Å². The predicted octanol–water partition coefficient (Wildman–Crippen LogP) is 3.17. The highest BCUT2D eigenvalue weighted by Crippen LogP contribution is 2.33. The van der Waals surface area contributed by atoms with Crippen LogP contribution in [0.25, 0.3) is 0 Å². The number of non-ortho nitro benzene ring substituents is 1. The molecule has 1 fully saturated rings. The summed E-state index contributed by atoms with van der Waals surface area (Å²) in [6.45, 7) is 3.26. The Bertz CT molecular complexity index is 1000. The molecule has 2 N–H and O–H groups in total. The molecule has 0 unspecified atom stereocenters. The average Bonchev–Trinajstić information content (AvgIpc) is 3.23. The Balaban J connectivity index is 1.63.